The molecule has 0 fully saturated rings. The van der Waals surface area contributed by atoms with Gasteiger partial charge in [0.2, 0.25) is 0 Å². The number of amidine groups is 1. The average molecular weight is 347 g/mol. The molecule has 0 aliphatic carbocycles. The zero-order chi connectivity index (χ0) is 12.7. The van der Waals surface area contributed by atoms with Crippen LogP contribution in [0.1, 0.15) is 23.2 Å². The van der Waals surface area contributed by atoms with Crippen LogP contribution in [0, 0.1) is 3.57 Å². The van der Waals surface area contributed by atoms with E-state index >= 15 is 0 Å². The van der Waals surface area contributed by atoms with Gasteiger partial charge in [0.05, 0.1) is 5.56 Å². The molecular formula is C11H14IN3O2. The van der Waals surface area contributed by atoms with E-state index in [1.807, 2.05) is 18.2 Å². The lowest BCUT2D eigenvalue weighted by Crippen LogP contribution is -2.26. The Balaban J connectivity index is 2.38. The van der Waals surface area contributed by atoms with Gasteiger partial charge >= 0.3 is 0 Å². The van der Waals surface area contributed by atoms with Gasteiger partial charge in [-0.15, -0.1) is 0 Å². The fourth-order valence-corrected chi connectivity index (χ4v) is 1.89. The lowest BCUT2D eigenvalue weighted by molar-refractivity contribution is 0.0952. The van der Waals surface area contributed by atoms with Crippen molar-refractivity contribution in [3.8, 4) is 0 Å². The van der Waals surface area contributed by atoms with Crippen LogP contribution in [0.2, 0.25) is 0 Å². The Kier molecular flexibility index (Phi) is 5.75. The minimum Gasteiger partial charge on any atom is -0.409 e. The Morgan fingerprint density at radius 2 is 2.18 bits per heavy atom. The SMILES string of the molecule is N/C(CCCNC(=O)c1ccccc1I)=N/O. The molecule has 1 rings (SSSR count). The predicted octanol–water partition coefficient (Wildman–Crippen LogP) is 1.55. The lowest BCUT2D eigenvalue weighted by Gasteiger charge is -2.06. The van der Waals surface area contributed by atoms with E-state index in [2.05, 4.69) is 33.1 Å². The second-order valence-electron chi connectivity index (χ2n) is 3.43. The van der Waals surface area contributed by atoms with Crippen molar-refractivity contribution in [2.45, 2.75) is 12.8 Å². The van der Waals surface area contributed by atoms with Crippen LogP contribution in [0.25, 0.3) is 0 Å². The maximum atomic E-state index is 11.8. The van der Waals surface area contributed by atoms with Gasteiger partial charge in [-0.1, -0.05) is 17.3 Å². The van der Waals surface area contributed by atoms with Crippen molar-refractivity contribution in [3.05, 3.63) is 33.4 Å². The topological polar surface area (TPSA) is 87.7 Å². The molecule has 0 spiro atoms. The average Bonchev–Trinajstić information content (AvgIpc) is 2.34. The number of rotatable bonds is 5. The number of carbonyl (C=O) groups excluding carboxylic acids is 1. The fraction of sp³-hybridized carbons (Fsp3) is 0.273. The Morgan fingerprint density at radius 3 is 2.82 bits per heavy atom. The number of halogens is 1. The zero-order valence-corrected chi connectivity index (χ0v) is 11.3. The van der Waals surface area contributed by atoms with Gasteiger partial charge in [-0.2, -0.15) is 0 Å². The number of nitrogens with zero attached hydrogens (tertiary/aromatic N) is 1. The minimum atomic E-state index is -0.102. The van der Waals surface area contributed by atoms with Gasteiger partial charge in [0.25, 0.3) is 5.91 Å². The van der Waals surface area contributed by atoms with Crippen LogP contribution in [0.5, 0.6) is 0 Å². The summed E-state index contributed by atoms with van der Waals surface area (Å²) in [6.07, 6.45) is 1.10. The second kappa shape index (κ2) is 7.10. The van der Waals surface area contributed by atoms with Crippen LogP contribution in [-0.4, -0.2) is 23.5 Å². The van der Waals surface area contributed by atoms with Gasteiger partial charge in [-0.3, -0.25) is 4.79 Å². The largest absolute Gasteiger partial charge is 0.409 e. The molecule has 0 unspecified atom stereocenters. The molecule has 0 saturated heterocycles. The third-order valence-electron chi connectivity index (χ3n) is 2.14. The smallest absolute Gasteiger partial charge is 0.252 e. The van der Waals surface area contributed by atoms with Gasteiger partial charge in [0.15, 0.2) is 0 Å². The Hall–Kier alpha value is -1.31. The summed E-state index contributed by atoms with van der Waals surface area (Å²) in [7, 11) is 0. The predicted molar refractivity (Wildman–Crippen MR) is 74.1 cm³/mol. The normalized spacial score (nSPS) is 11.2. The number of nitrogens with two attached hydrogens (primary N) is 1. The maximum Gasteiger partial charge on any atom is 0.252 e. The number of hydrogen-bond donors (Lipinski definition) is 3. The lowest BCUT2D eigenvalue weighted by atomic mass is 10.2. The summed E-state index contributed by atoms with van der Waals surface area (Å²) in [5.74, 6) is 0.0723. The molecule has 0 saturated carbocycles. The van der Waals surface area contributed by atoms with E-state index in [-0.39, 0.29) is 11.7 Å². The summed E-state index contributed by atoms with van der Waals surface area (Å²) in [5, 5.41) is 14.0. The first-order valence-electron chi connectivity index (χ1n) is 5.14. The first-order valence-corrected chi connectivity index (χ1v) is 6.22. The maximum absolute atomic E-state index is 11.8. The molecule has 92 valence electrons. The molecule has 17 heavy (non-hydrogen) atoms. The van der Waals surface area contributed by atoms with E-state index < -0.39 is 0 Å². The highest BCUT2D eigenvalue weighted by molar-refractivity contribution is 14.1. The zero-order valence-electron chi connectivity index (χ0n) is 9.19. The summed E-state index contributed by atoms with van der Waals surface area (Å²) in [5.41, 5.74) is 5.97. The van der Waals surface area contributed by atoms with Crippen LogP contribution in [0.15, 0.2) is 29.4 Å². The standard InChI is InChI=1S/C11H14IN3O2/c12-9-5-2-1-4-8(9)11(16)14-7-3-6-10(13)15-17/h1-2,4-5,17H,3,6-7H2,(H2,13,15)(H,14,16). The van der Waals surface area contributed by atoms with Crippen molar-refractivity contribution in [2.24, 2.45) is 10.9 Å². The monoisotopic (exact) mass is 347 g/mol. The van der Waals surface area contributed by atoms with E-state index in [1.54, 1.807) is 6.07 Å². The number of nitrogens with one attached hydrogen (secondary N) is 1. The van der Waals surface area contributed by atoms with Crippen LogP contribution in [0.4, 0.5) is 0 Å². The van der Waals surface area contributed by atoms with Crippen LogP contribution in [0.3, 0.4) is 0 Å². The summed E-state index contributed by atoms with van der Waals surface area (Å²) in [6, 6.07) is 7.37. The van der Waals surface area contributed by atoms with Gasteiger partial charge < -0.3 is 16.3 Å². The molecule has 0 aliphatic rings. The highest BCUT2D eigenvalue weighted by atomic mass is 127. The Morgan fingerprint density at radius 1 is 1.47 bits per heavy atom. The Labute approximate surface area is 113 Å². The number of hydrogen-bond acceptors (Lipinski definition) is 3. The summed E-state index contributed by atoms with van der Waals surface area (Å²) >= 11 is 2.12. The van der Waals surface area contributed by atoms with Crippen molar-refractivity contribution < 1.29 is 10.0 Å². The van der Waals surface area contributed by atoms with E-state index in [1.165, 1.54) is 0 Å². The van der Waals surface area contributed by atoms with Gasteiger partial charge in [-0.05, 0) is 41.1 Å². The molecule has 0 bridgehead atoms. The highest BCUT2D eigenvalue weighted by Crippen LogP contribution is 2.10. The summed E-state index contributed by atoms with van der Waals surface area (Å²) in [4.78, 5) is 11.8. The van der Waals surface area contributed by atoms with Gasteiger partial charge in [0.1, 0.15) is 5.84 Å². The molecule has 0 aliphatic heterocycles. The molecule has 1 amide bonds. The summed E-state index contributed by atoms with van der Waals surface area (Å²) < 4.78 is 0.916. The van der Waals surface area contributed by atoms with Crippen molar-refractivity contribution in [1.29, 1.82) is 0 Å². The molecule has 6 heteroatoms. The number of carbonyl (C=O) groups is 1. The van der Waals surface area contributed by atoms with Crippen molar-refractivity contribution in [2.75, 3.05) is 6.54 Å². The second-order valence-corrected chi connectivity index (χ2v) is 4.59. The molecule has 4 N–H and O–H groups in total. The highest BCUT2D eigenvalue weighted by Gasteiger charge is 2.07. The van der Waals surface area contributed by atoms with Crippen molar-refractivity contribution in [1.82, 2.24) is 5.32 Å². The van der Waals surface area contributed by atoms with Crippen molar-refractivity contribution >= 4 is 34.3 Å². The number of oxime groups is 1. The van der Waals surface area contributed by atoms with Crippen molar-refractivity contribution in [3.63, 3.8) is 0 Å². The molecular weight excluding hydrogens is 333 g/mol. The van der Waals surface area contributed by atoms with E-state index in [9.17, 15) is 4.79 Å². The summed E-state index contributed by atoms with van der Waals surface area (Å²) in [6.45, 7) is 0.500. The molecule has 5 nitrogen and oxygen atoms in total. The van der Waals surface area contributed by atoms with E-state index in [4.69, 9.17) is 10.9 Å². The van der Waals surface area contributed by atoms with E-state index in [0.29, 0.717) is 24.9 Å². The molecule has 1 aromatic rings. The minimum absolute atomic E-state index is 0.102. The Bertz CT molecular complexity index is 421. The number of benzene rings is 1. The van der Waals surface area contributed by atoms with Crippen LogP contribution < -0.4 is 11.1 Å². The van der Waals surface area contributed by atoms with Gasteiger partial charge in [0, 0.05) is 16.5 Å². The quantitative estimate of drug-likeness (QED) is 0.189. The molecule has 0 aromatic heterocycles. The van der Waals surface area contributed by atoms with Gasteiger partial charge in [-0.25, -0.2) is 0 Å². The molecule has 0 heterocycles. The van der Waals surface area contributed by atoms with Crippen LogP contribution >= 0.6 is 22.6 Å². The third-order valence-corrected chi connectivity index (χ3v) is 3.08. The third kappa shape index (κ3) is 4.59. The van der Waals surface area contributed by atoms with E-state index in [0.717, 1.165) is 3.57 Å². The fourth-order valence-electron chi connectivity index (χ4n) is 1.26. The van der Waals surface area contributed by atoms with Crippen LogP contribution in [-0.2, 0) is 0 Å². The first-order chi connectivity index (χ1) is 8.15. The molecule has 0 radical (unpaired) electrons. The molecule has 1 aromatic carbocycles. The number of amides is 1. The first kappa shape index (κ1) is 13.8. The molecule has 0 atom stereocenters.